The van der Waals surface area contributed by atoms with Gasteiger partial charge in [-0.05, 0) is 42.5 Å². The van der Waals surface area contributed by atoms with Gasteiger partial charge in [0.05, 0.1) is 10.9 Å². The number of carbonyl (C=O) groups is 2. The number of fused-ring (bicyclic) bond motifs is 1. The SMILES string of the molecule is CC(=O)Nc1ccc(NC(=O)COc2ncnc3ccc(Br)cc23)cc1. The molecule has 0 fully saturated rings. The molecule has 3 rings (SSSR count). The summed E-state index contributed by atoms with van der Waals surface area (Å²) in [6.07, 6.45) is 1.39. The van der Waals surface area contributed by atoms with Crippen LogP contribution in [-0.2, 0) is 9.59 Å². The molecule has 0 unspecified atom stereocenters. The number of ether oxygens (including phenoxy) is 1. The summed E-state index contributed by atoms with van der Waals surface area (Å²) in [4.78, 5) is 31.3. The Morgan fingerprint density at radius 2 is 1.73 bits per heavy atom. The van der Waals surface area contributed by atoms with E-state index in [2.05, 4.69) is 36.5 Å². The first-order valence-electron chi connectivity index (χ1n) is 7.72. The molecule has 2 aromatic carbocycles. The van der Waals surface area contributed by atoms with E-state index in [1.165, 1.54) is 13.3 Å². The first-order valence-corrected chi connectivity index (χ1v) is 8.51. The summed E-state index contributed by atoms with van der Waals surface area (Å²) in [6, 6.07) is 12.3. The number of amides is 2. The Morgan fingerprint density at radius 1 is 1.04 bits per heavy atom. The number of halogens is 1. The van der Waals surface area contributed by atoms with Gasteiger partial charge in [0.1, 0.15) is 6.33 Å². The number of rotatable bonds is 5. The molecule has 8 heteroatoms. The van der Waals surface area contributed by atoms with Crippen LogP contribution < -0.4 is 15.4 Å². The third-order valence-electron chi connectivity index (χ3n) is 3.39. The lowest BCUT2D eigenvalue weighted by Crippen LogP contribution is -2.20. The molecule has 7 nitrogen and oxygen atoms in total. The number of hydrogen-bond donors (Lipinski definition) is 2. The largest absolute Gasteiger partial charge is 0.467 e. The van der Waals surface area contributed by atoms with Crippen LogP contribution >= 0.6 is 15.9 Å². The fourth-order valence-corrected chi connectivity index (χ4v) is 2.65. The molecule has 2 N–H and O–H groups in total. The van der Waals surface area contributed by atoms with Gasteiger partial charge in [-0.25, -0.2) is 9.97 Å². The Kier molecular flexibility index (Phi) is 5.43. The van der Waals surface area contributed by atoms with Gasteiger partial charge in [0, 0.05) is 22.8 Å². The van der Waals surface area contributed by atoms with Crippen LogP contribution in [0, 0.1) is 0 Å². The zero-order valence-electron chi connectivity index (χ0n) is 13.8. The monoisotopic (exact) mass is 414 g/mol. The van der Waals surface area contributed by atoms with Crippen LogP contribution in [0.2, 0.25) is 0 Å². The molecule has 2 amide bonds. The first-order chi connectivity index (χ1) is 12.5. The van der Waals surface area contributed by atoms with Gasteiger partial charge < -0.3 is 15.4 Å². The molecule has 0 saturated heterocycles. The van der Waals surface area contributed by atoms with E-state index < -0.39 is 0 Å². The van der Waals surface area contributed by atoms with Gasteiger partial charge in [-0.15, -0.1) is 0 Å². The van der Waals surface area contributed by atoms with Gasteiger partial charge in [-0.3, -0.25) is 9.59 Å². The minimum atomic E-state index is -0.320. The van der Waals surface area contributed by atoms with Crippen LogP contribution in [0.1, 0.15) is 6.92 Å². The number of aromatic nitrogens is 2. The molecule has 0 radical (unpaired) electrons. The first kappa shape index (κ1) is 17.8. The maximum atomic E-state index is 12.1. The summed E-state index contributed by atoms with van der Waals surface area (Å²) in [5.74, 6) is -0.134. The summed E-state index contributed by atoms with van der Waals surface area (Å²) in [7, 11) is 0. The van der Waals surface area contributed by atoms with Crippen LogP contribution in [-0.4, -0.2) is 28.4 Å². The van der Waals surface area contributed by atoms with Crippen molar-refractivity contribution in [2.24, 2.45) is 0 Å². The van der Waals surface area contributed by atoms with Gasteiger partial charge in [-0.1, -0.05) is 15.9 Å². The van der Waals surface area contributed by atoms with E-state index in [1.54, 1.807) is 24.3 Å². The average molecular weight is 415 g/mol. The highest BCUT2D eigenvalue weighted by Crippen LogP contribution is 2.24. The minimum absolute atomic E-state index is 0.154. The fraction of sp³-hybridized carbons (Fsp3) is 0.111. The molecule has 0 aliphatic carbocycles. The van der Waals surface area contributed by atoms with Crippen molar-refractivity contribution in [3.05, 3.63) is 53.3 Å². The predicted octanol–water partition coefficient (Wildman–Crippen LogP) is 3.37. The third-order valence-corrected chi connectivity index (χ3v) is 3.88. The highest BCUT2D eigenvalue weighted by molar-refractivity contribution is 9.10. The van der Waals surface area contributed by atoms with Gasteiger partial charge in [0.15, 0.2) is 6.61 Å². The van der Waals surface area contributed by atoms with Gasteiger partial charge in [0.25, 0.3) is 5.91 Å². The molecule has 3 aromatic rings. The Labute approximate surface area is 157 Å². The van der Waals surface area contributed by atoms with Crippen molar-refractivity contribution in [3.8, 4) is 5.88 Å². The zero-order valence-corrected chi connectivity index (χ0v) is 15.4. The van der Waals surface area contributed by atoms with Gasteiger partial charge in [0.2, 0.25) is 11.8 Å². The lowest BCUT2D eigenvalue weighted by molar-refractivity contribution is -0.118. The molecule has 0 aliphatic rings. The third kappa shape index (κ3) is 4.54. The van der Waals surface area contributed by atoms with Crippen molar-refractivity contribution in [1.82, 2.24) is 9.97 Å². The summed E-state index contributed by atoms with van der Waals surface area (Å²) in [5, 5.41) is 6.10. The number of anilines is 2. The number of carbonyl (C=O) groups excluding carboxylic acids is 2. The lowest BCUT2D eigenvalue weighted by atomic mass is 10.2. The number of benzene rings is 2. The minimum Gasteiger partial charge on any atom is -0.467 e. The van der Waals surface area contributed by atoms with Crippen LogP contribution in [0.25, 0.3) is 10.9 Å². The second-order valence-electron chi connectivity index (χ2n) is 5.44. The highest BCUT2D eigenvalue weighted by Gasteiger charge is 2.09. The smallest absolute Gasteiger partial charge is 0.262 e. The summed E-state index contributed by atoms with van der Waals surface area (Å²) in [5.41, 5.74) is 1.99. The van der Waals surface area contributed by atoms with Crippen molar-refractivity contribution in [2.45, 2.75) is 6.92 Å². The molecule has 0 spiro atoms. The molecular weight excluding hydrogens is 400 g/mol. The van der Waals surface area contributed by atoms with Crippen molar-refractivity contribution in [3.63, 3.8) is 0 Å². The van der Waals surface area contributed by atoms with Crippen LogP contribution in [0.4, 0.5) is 11.4 Å². The summed E-state index contributed by atoms with van der Waals surface area (Å²) < 4.78 is 6.41. The Hall–Kier alpha value is -3.00. The number of nitrogens with zero attached hydrogens (tertiary/aromatic N) is 2. The van der Waals surface area contributed by atoms with Crippen LogP contribution in [0.15, 0.2) is 53.3 Å². The molecule has 26 heavy (non-hydrogen) atoms. The molecule has 1 aromatic heterocycles. The fourth-order valence-electron chi connectivity index (χ4n) is 2.29. The van der Waals surface area contributed by atoms with E-state index in [0.29, 0.717) is 22.6 Å². The van der Waals surface area contributed by atoms with Crippen LogP contribution in [0.3, 0.4) is 0 Å². The van der Waals surface area contributed by atoms with E-state index in [-0.39, 0.29) is 18.4 Å². The molecule has 0 saturated carbocycles. The standard InChI is InChI=1S/C18H15BrN4O3/c1-11(24)22-13-3-5-14(6-4-13)23-17(25)9-26-18-15-8-12(19)2-7-16(15)20-10-21-18/h2-8,10H,9H2,1H3,(H,22,24)(H,23,25). The van der Waals surface area contributed by atoms with Crippen molar-refractivity contribution >= 4 is 50.0 Å². The second-order valence-corrected chi connectivity index (χ2v) is 6.35. The van der Waals surface area contributed by atoms with Crippen molar-refractivity contribution in [1.29, 1.82) is 0 Å². The Bertz CT molecular complexity index is 960. The van der Waals surface area contributed by atoms with Crippen LogP contribution in [0.5, 0.6) is 5.88 Å². The Balaban J connectivity index is 1.62. The average Bonchev–Trinajstić information content (AvgIpc) is 2.61. The normalized spacial score (nSPS) is 10.4. The van der Waals surface area contributed by atoms with Crippen molar-refractivity contribution in [2.75, 3.05) is 17.2 Å². The summed E-state index contributed by atoms with van der Waals surface area (Å²) >= 11 is 3.39. The van der Waals surface area contributed by atoms with E-state index in [4.69, 9.17) is 4.74 Å². The maximum Gasteiger partial charge on any atom is 0.262 e. The number of nitrogens with one attached hydrogen (secondary N) is 2. The van der Waals surface area contributed by atoms with E-state index in [0.717, 1.165) is 9.99 Å². The van der Waals surface area contributed by atoms with Gasteiger partial charge in [-0.2, -0.15) is 0 Å². The van der Waals surface area contributed by atoms with E-state index in [9.17, 15) is 9.59 Å². The predicted molar refractivity (Wildman–Crippen MR) is 102 cm³/mol. The molecule has 0 bridgehead atoms. The zero-order chi connectivity index (χ0) is 18.5. The topological polar surface area (TPSA) is 93.2 Å². The number of hydrogen-bond acceptors (Lipinski definition) is 5. The second kappa shape index (κ2) is 7.92. The lowest BCUT2D eigenvalue weighted by Gasteiger charge is -2.09. The Morgan fingerprint density at radius 3 is 2.42 bits per heavy atom. The maximum absolute atomic E-state index is 12.1. The van der Waals surface area contributed by atoms with E-state index in [1.807, 2.05) is 18.2 Å². The van der Waals surface area contributed by atoms with E-state index >= 15 is 0 Å². The molecule has 0 atom stereocenters. The quantitative estimate of drug-likeness (QED) is 0.667. The van der Waals surface area contributed by atoms with Gasteiger partial charge >= 0.3 is 0 Å². The highest BCUT2D eigenvalue weighted by atomic mass is 79.9. The molecule has 0 aliphatic heterocycles. The van der Waals surface area contributed by atoms with Crippen molar-refractivity contribution < 1.29 is 14.3 Å². The molecule has 1 heterocycles. The summed E-state index contributed by atoms with van der Waals surface area (Å²) in [6.45, 7) is 1.24. The molecular formula is C18H15BrN4O3. The molecule has 132 valence electrons.